The van der Waals surface area contributed by atoms with Crippen LogP contribution in [0.5, 0.6) is 5.75 Å². The molecule has 0 spiro atoms. The molecule has 0 saturated heterocycles. The topological polar surface area (TPSA) is 68.7 Å². The van der Waals surface area contributed by atoms with Gasteiger partial charge in [0.2, 0.25) is 0 Å². The largest absolute Gasteiger partial charge is 0.478 e. The minimum absolute atomic E-state index is 0.235. The molecule has 3 aromatic rings. The second kappa shape index (κ2) is 9.53. The Morgan fingerprint density at radius 2 is 1.97 bits per heavy atom. The second-order valence-electron chi connectivity index (χ2n) is 7.65. The smallest absolute Gasteiger partial charge is 0.328 e. The third-order valence-corrected chi connectivity index (χ3v) is 6.26. The number of anilines is 1. The van der Waals surface area contributed by atoms with Gasteiger partial charge in [-0.05, 0) is 38.0 Å². The molecular weight excluding hydrogens is 424 g/mol. The van der Waals surface area contributed by atoms with Crippen molar-refractivity contribution in [3.63, 3.8) is 0 Å². The molecule has 1 aliphatic heterocycles. The molecule has 4 rings (SSSR count). The van der Waals surface area contributed by atoms with Crippen LogP contribution in [0.15, 0.2) is 53.9 Å². The van der Waals surface area contributed by atoms with Crippen molar-refractivity contribution in [3.05, 3.63) is 53.9 Å². The van der Waals surface area contributed by atoms with Gasteiger partial charge in [-0.25, -0.2) is 9.78 Å². The van der Waals surface area contributed by atoms with Gasteiger partial charge in [0.25, 0.3) is 5.91 Å². The van der Waals surface area contributed by atoms with E-state index in [2.05, 4.69) is 0 Å². The highest BCUT2D eigenvalue weighted by Gasteiger charge is 2.39. The van der Waals surface area contributed by atoms with E-state index in [-0.39, 0.29) is 5.91 Å². The molecule has 166 valence electrons. The lowest BCUT2D eigenvalue weighted by atomic mass is 10.1. The number of amides is 1. The molecular formula is C25H26N2O4S. The van der Waals surface area contributed by atoms with Crippen molar-refractivity contribution in [1.29, 1.82) is 0 Å². The number of esters is 1. The lowest BCUT2D eigenvalue weighted by Gasteiger charge is -2.37. The quantitative estimate of drug-likeness (QED) is 0.456. The van der Waals surface area contributed by atoms with Crippen molar-refractivity contribution >= 4 is 28.9 Å². The van der Waals surface area contributed by atoms with Crippen LogP contribution in [0.3, 0.4) is 0 Å². The summed E-state index contributed by atoms with van der Waals surface area (Å²) in [6.07, 6.45) is 0.611. The molecule has 0 saturated carbocycles. The summed E-state index contributed by atoms with van der Waals surface area (Å²) in [5.74, 6) is -0.0801. The first-order chi connectivity index (χ1) is 15.5. The van der Waals surface area contributed by atoms with E-state index >= 15 is 0 Å². The Labute approximate surface area is 191 Å². The average Bonchev–Trinajstić information content (AvgIpc) is 3.32. The van der Waals surface area contributed by atoms with E-state index in [9.17, 15) is 9.59 Å². The maximum Gasteiger partial charge on any atom is 0.328 e. The Morgan fingerprint density at radius 1 is 1.19 bits per heavy atom. The summed E-state index contributed by atoms with van der Waals surface area (Å²) in [7, 11) is 0. The molecule has 1 aromatic heterocycles. The third kappa shape index (κ3) is 4.25. The Hall–Kier alpha value is -3.19. The number of aromatic nitrogens is 1. The van der Waals surface area contributed by atoms with E-state index in [1.54, 1.807) is 18.3 Å². The summed E-state index contributed by atoms with van der Waals surface area (Å²) in [5.41, 5.74) is 3.28. The summed E-state index contributed by atoms with van der Waals surface area (Å²) in [6, 6.07) is 14.9. The summed E-state index contributed by atoms with van der Waals surface area (Å²) in [6.45, 7) is 5.85. The number of rotatable bonds is 7. The highest BCUT2D eigenvalue weighted by molar-refractivity contribution is 7.13. The van der Waals surface area contributed by atoms with Crippen LogP contribution < -0.4 is 9.64 Å². The summed E-state index contributed by atoms with van der Waals surface area (Å²) in [4.78, 5) is 32.0. The van der Waals surface area contributed by atoms with Gasteiger partial charge in [-0.2, -0.15) is 0 Å². The Kier molecular flexibility index (Phi) is 6.55. The van der Waals surface area contributed by atoms with Gasteiger partial charge >= 0.3 is 5.97 Å². The van der Waals surface area contributed by atoms with Crippen molar-refractivity contribution in [2.45, 2.75) is 45.8 Å². The minimum atomic E-state index is -0.753. The Bertz CT molecular complexity index is 1110. The minimum Gasteiger partial charge on any atom is -0.478 e. The predicted molar refractivity (Wildman–Crippen MR) is 126 cm³/mol. The Balaban J connectivity index is 1.70. The van der Waals surface area contributed by atoms with Crippen LogP contribution in [0.4, 0.5) is 5.69 Å². The first-order valence-electron chi connectivity index (χ1n) is 10.8. The molecule has 2 heterocycles. The molecule has 1 aliphatic rings. The first kappa shape index (κ1) is 22.0. The second-order valence-corrected chi connectivity index (χ2v) is 8.51. The van der Waals surface area contributed by atoms with Crippen LogP contribution in [0.1, 0.15) is 33.6 Å². The molecule has 0 aliphatic carbocycles. The zero-order chi connectivity index (χ0) is 22.7. The van der Waals surface area contributed by atoms with Crippen molar-refractivity contribution in [3.8, 4) is 27.6 Å². The summed E-state index contributed by atoms with van der Waals surface area (Å²) < 4.78 is 11.3. The van der Waals surface area contributed by atoms with E-state index < -0.39 is 18.1 Å². The zero-order valence-electron chi connectivity index (χ0n) is 18.4. The number of fused-ring (bicyclic) bond motifs is 1. The molecule has 0 radical (unpaired) electrons. The molecule has 32 heavy (non-hydrogen) atoms. The fourth-order valence-corrected chi connectivity index (χ4v) is 4.48. The van der Waals surface area contributed by atoms with Crippen molar-refractivity contribution in [2.75, 3.05) is 11.5 Å². The molecule has 2 unspecified atom stereocenters. The van der Waals surface area contributed by atoms with Crippen molar-refractivity contribution in [2.24, 2.45) is 0 Å². The number of hydrogen-bond donors (Lipinski definition) is 0. The molecule has 2 atom stereocenters. The maximum atomic E-state index is 13.2. The van der Waals surface area contributed by atoms with Gasteiger partial charge in [0, 0.05) is 16.5 Å². The monoisotopic (exact) mass is 450 g/mol. The molecule has 6 nitrogen and oxygen atoms in total. The van der Waals surface area contributed by atoms with E-state index in [0.717, 1.165) is 28.2 Å². The SMILES string of the molecule is CCCOC(=O)C(C)N1C(=O)C(CC)Oc2ccc(-c3csc(-c4ccccc4)n3)cc21. The van der Waals surface area contributed by atoms with E-state index in [4.69, 9.17) is 14.5 Å². The van der Waals surface area contributed by atoms with Gasteiger partial charge in [-0.1, -0.05) is 44.2 Å². The molecule has 2 aromatic carbocycles. The van der Waals surface area contributed by atoms with Crippen molar-refractivity contribution < 1.29 is 19.1 Å². The zero-order valence-corrected chi connectivity index (χ0v) is 19.2. The van der Waals surface area contributed by atoms with Crippen LogP contribution in [0.2, 0.25) is 0 Å². The molecule has 0 bridgehead atoms. The number of thiazole rings is 1. The number of ether oxygens (including phenoxy) is 2. The van der Waals surface area contributed by atoms with Gasteiger partial charge < -0.3 is 9.47 Å². The number of nitrogens with zero attached hydrogens (tertiary/aromatic N) is 2. The fourth-order valence-electron chi connectivity index (χ4n) is 3.65. The molecule has 0 fully saturated rings. The third-order valence-electron chi connectivity index (χ3n) is 5.37. The Morgan fingerprint density at radius 3 is 2.69 bits per heavy atom. The van der Waals surface area contributed by atoms with Gasteiger partial charge in [0.1, 0.15) is 16.8 Å². The highest BCUT2D eigenvalue weighted by atomic mass is 32.1. The lowest BCUT2D eigenvalue weighted by molar-refractivity contribution is -0.146. The number of benzene rings is 2. The average molecular weight is 451 g/mol. The predicted octanol–water partition coefficient (Wildman–Crippen LogP) is 5.32. The number of carbonyl (C=O) groups is 2. The lowest BCUT2D eigenvalue weighted by Crippen LogP contribution is -2.52. The van der Waals surface area contributed by atoms with E-state index in [1.807, 2.05) is 67.8 Å². The standard InChI is InChI=1S/C25H26N2O4S/c1-4-13-30-25(29)16(3)27-20-14-18(11-12-22(20)31-21(5-2)24(27)28)19-15-32-23(26-19)17-9-7-6-8-10-17/h6-12,14-16,21H,4-5,13H2,1-3H3. The van der Waals surface area contributed by atoms with Crippen LogP contribution in [-0.2, 0) is 14.3 Å². The van der Waals surface area contributed by atoms with Crippen molar-refractivity contribution in [1.82, 2.24) is 4.98 Å². The van der Waals surface area contributed by atoms with Gasteiger partial charge in [0.05, 0.1) is 18.0 Å². The van der Waals surface area contributed by atoms with Crippen LogP contribution in [0.25, 0.3) is 21.8 Å². The molecule has 7 heteroatoms. The summed E-state index contributed by atoms with van der Waals surface area (Å²) >= 11 is 1.56. The van der Waals surface area contributed by atoms with Crippen LogP contribution in [-0.4, -0.2) is 35.6 Å². The summed E-state index contributed by atoms with van der Waals surface area (Å²) in [5, 5.41) is 2.92. The number of carbonyl (C=O) groups excluding carboxylic acids is 2. The van der Waals surface area contributed by atoms with E-state index in [1.165, 1.54) is 4.90 Å². The van der Waals surface area contributed by atoms with E-state index in [0.29, 0.717) is 24.5 Å². The van der Waals surface area contributed by atoms with Crippen LogP contribution >= 0.6 is 11.3 Å². The van der Waals surface area contributed by atoms with Gasteiger partial charge in [0.15, 0.2) is 6.10 Å². The number of hydrogen-bond acceptors (Lipinski definition) is 6. The molecule has 1 amide bonds. The molecule has 0 N–H and O–H groups in total. The van der Waals surface area contributed by atoms with Gasteiger partial charge in [-0.3, -0.25) is 9.69 Å². The normalized spacial score (nSPS) is 16.3. The highest BCUT2D eigenvalue weighted by Crippen LogP contribution is 2.40. The van der Waals surface area contributed by atoms with Gasteiger partial charge in [-0.15, -0.1) is 11.3 Å². The van der Waals surface area contributed by atoms with Crippen LogP contribution in [0, 0.1) is 0 Å². The first-order valence-corrected chi connectivity index (χ1v) is 11.7. The fraction of sp³-hybridized carbons (Fsp3) is 0.320. The maximum absolute atomic E-state index is 13.2.